The largest absolute Gasteiger partial charge is 0.506 e. The average Bonchev–Trinajstić information content (AvgIpc) is 2.91. The zero-order valence-corrected chi connectivity index (χ0v) is 24.8. The molecule has 0 aliphatic carbocycles. The number of rotatable bonds is 16. The van der Waals surface area contributed by atoms with Crippen LogP contribution in [0.25, 0.3) is 10.8 Å². The molecule has 1 unspecified atom stereocenters. The molecule has 1 atom stereocenters. The number of phenols is 1. The van der Waals surface area contributed by atoms with Crippen LogP contribution < -0.4 is 15.4 Å². The van der Waals surface area contributed by atoms with Gasteiger partial charge in [0, 0.05) is 18.4 Å². The lowest BCUT2D eigenvalue weighted by atomic mass is 10.0. The van der Waals surface area contributed by atoms with E-state index in [-0.39, 0.29) is 34.0 Å². The second-order valence-corrected chi connectivity index (χ2v) is 11.0. The van der Waals surface area contributed by atoms with E-state index in [1.165, 1.54) is 64.0 Å². The third-order valence-electron chi connectivity index (χ3n) is 7.03. The molecular formula is C33H43ClN2O4. The maximum atomic E-state index is 13.5. The number of carbonyl (C=O) groups is 2. The van der Waals surface area contributed by atoms with Gasteiger partial charge in [-0.15, -0.1) is 0 Å². The van der Waals surface area contributed by atoms with Gasteiger partial charge in [-0.3, -0.25) is 9.59 Å². The van der Waals surface area contributed by atoms with E-state index in [2.05, 4.69) is 23.6 Å². The summed E-state index contributed by atoms with van der Waals surface area (Å²) in [5, 5.41) is 17.9. The second kappa shape index (κ2) is 16.1. The summed E-state index contributed by atoms with van der Waals surface area (Å²) in [7, 11) is 0. The molecule has 2 amide bonds. The van der Waals surface area contributed by atoms with Crippen LogP contribution >= 0.6 is 11.6 Å². The van der Waals surface area contributed by atoms with Gasteiger partial charge in [-0.1, -0.05) is 112 Å². The topological polar surface area (TPSA) is 87.7 Å². The lowest BCUT2D eigenvalue weighted by Gasteiger charge is -2.21. The summed E-state index contributed by atoms with van der Waals surface area (Å²) in [5.41, 5.74) is 1.59. The van der Waals surface area contributed by atoms with Crippen molar-refractivity contribution in [3.8, 4) is 11.5 Å². The van der Waals surface area contributed by atoms with E-state index in [1.54, 1.807) is 0 Å². The van der Waals surface area contributed by atoms with Gasteiger partial charge in [0.05, 0.1) is 16.4 Å². The van der Waals surface area contributed by atoms with Crippen LogP contribution in [-0.4, -0.2) is 23.0 Å². The molecule has 0 fully saturated rings. The van der Waals surface area contributed by atoms with Crippen molar-refractivity contribution in [2.45, 2.75) is 97.5 Å². The molecule has 0 radical (unpaired) electrons. The Balaban J connectivity index is 1.68. The van der Waals surface area contributed by atoms with Crippen LogP contribution in [0, 0.1) is 6.92 Å². The van der Waals surface area contributed by atoms with Crippen molar-refractivity contribution in [1.29, 1.82) is 0 Å². The number of ether oxygens (including phenoxy) is 1. The molecule has 3 rings (SSSR count). The minimum absolute atomic E-state index is 0.180. The molecule has 3 aromatic rings. The third-order valence-corrected chi connectivity index (χ3v) is 7.34. The van der Waals surface area contributed by atoms with Gasteiger partial charge in [-0.2, -0.15) is 0 Å². The highest BCUT2D eigenvalue weighted by Gasteiger charge is 2.23. The molecule has 0 saturated carbocycles. The van der Waals surface area contributed by atoms with Crippen LogP contribution in [-0.2, 0) is 9.59 Å². The molecule has 0 saturated heterocycles. The predicted octanol–water partition coefficient (Wildman–Crippen LogP) is 9.16. The van der Waals surface area contributed by atoms with E-state index in [9.17, 15) is 14.7 Å². The van der Waals surface area contributed by atoms with E-state index in [0.29, 0.717) is 12.2 Å². The van der Waals surface area contributed by atoms with Gasteiger partial charge >= 0.3 is 0 Å². The lowest BCUT2D eigenvalue weighted by Crippen LogP contribution is -2.33. The molecule has 216 valence electrons. The first-order valence-electron chi connectivity index (χ1n) is 14.6. The van der Waals surface area contributed by atoms with Crippen LogP contribution in [0.5, 0.6) is 11.5 Å². The SMILES string of the molecule is CCCCCCCCCCCCC(Oc1cccc2cc(C)ccc12)C(=O)Nc1cc(O)c(NC(C)=O)cc1Cl. The molecule has 0 aliphatic rings. The van der Waals surface area contributed by atoms with Crippen molar-refractivity contribution in [2.75, 3.05) is 10.6 Å². The Morgan fingerprint density at radius 1 is 0.875 bits per heavy atom. The Bertz CT molecular complexity index is 1280. The minimum Gasteiger partial charge on any atom is -0.506 e. The highest BCUT2D eigenvalue weighted by molar-refractivity contribution is 6.34. The summed E-state index contributed by atoms with van der Waals surface area (Å²) in [4.78, 5) is 24.9. The van der Waals surface area contributed by atoms with Crippen molar-refractivity contribution in [1.82, 2.24) is 0 Å². The van der Waals surface area contributed by atoms with Crippen LogP contribution in [0.15, 0.2) is 48.5 Å². The number of fused-ring (bicyclic) bond motifs is 1. The number of aryl methyl sites for hydroxylation is 1. The lowest BCUT2D eigenvalue weighted by molar-refractivity contribution is -0.123. The fourth-order valence-electron chi connectivity index (χ4n) is 4.85. The average molecular weight is 567 g/mol. The standard InChI is InChI=1S/C33H43ClN2O4/c1-4-5-6-7-8-9-10-11-12-13-16-32(40-31-17-14-15-25-20-23(2)18-19-26(25)31)33(39)36-28-22-30(38)29(21-27(28)34)35-24(3)37/h14-15,17-22,32,38H,4-13,16H2,1-3H3,(H,35,37)(H,36,39). The normalized spacial score (nSPS) is 11.8. The fraction of sp³-hybridized carbons (Fsp3) is 0.455. The third kappa shape index (κ3) is 9.74. The van der Waals surface area contributed by atoms with Crippen LogP contribution in [0.4, 0.5) is 11.4 Å². The number of benzene rings is 3. The molecule has 40 heavy (non-hydrogen) atoms. The summed E-state index contributed by atoms with van der Waals surface area (Å²) in [6.07, 6.45) is 11.8. The first-order valence-corrected chi connectivity index (χ1v) is 14.9. The Morgan fingerprint density at radius 3 is 2.23 bits per heavy atom. The number of hydrogen-bond acceptors (Lipinski definition) is 4. The first-order chi connectivity index (χ1) is 19.3. The quantitative estimate of drug-likeness (QED) is 0.119. The molecule has 0 heterocycles. The van der Waals surface area contributed by atoms with Crippen LogP contribution in [0.1, 0.15) is 90.0 Å². The van der Waals surface area contributed by atoms with Gasteiger partial charge < -0.3 is 20.5 Å². The predicted molar refractivity (Wildman–Crippen MR) is 166 cm³/mol. The van der Waals surface area contributed by atoms with Crippen LogP contribution in [0.2, 0.25) is 5.02 Å². The number of anilines is 2. The summed E-state index contributed by atoms with van der Waals surface area (Å²) in [6.45, 7) is 5.62. The van der Waals surface area contributed by atoms with Gasteiger partial charge in [0.15, 0.2) is 6.10 Å². The summed E-state index contributed by atoms with van der Waals surface area (Å²) in [5.74, 6) is -0.210. The molecule has 0 aliphatic heterocycles. The number of hydrogen-bond donors (Lipinski definition) is 3. The van der Waals surface area contributed by atoms with E-state index < -0.39 is 6.10 Å². The Labute approximate surface area is 243 Å². The number of halogens is 1. The highest BCUT2D eigenvalue weighted by Crippen LogP contribution is 2.34. The maximum absolute atomic E-state index is 13.5. The smallest absolute Gasteiger partial charge is 0.265 e. The van der Waals surface area contributed by atoms with E-state index >= 15 is 0 Å². The van der Waals surface area contributed by atoms with Crippen molar-refractivity contribution < 1.29 is 19.4 Å². The number of aromatic hydroxyl groups is 1. The molecule has 3 aromatic carbocycles. The molecule has 0 bridgehead atoms. The molecular weight excluding hydrogens is 524 g/mol. The van der Waals surface area contributed by atoms with Gasteiger partial charge in [-0.25, -0.2) is 0 Å². The van der Waals surface area contributed by atoms with E-state index in [1.807, 2.05) is 37.3 Å². The van der Waals surface area contributed by atoms with E-state index in [0.717, 1.165) is 35.6 Å². The van der Waals surface area contributed by atoms with Crippen molar-refractivity contribution >= 4 is 45.6 Å². The molecule has 0 aromatic heterocycles. The highest BCUT2D eigenvalue weighted by atomic mass is 35.5. The molecule has 3 N–H and O–H groups in total. The zero-order chi connectivity index (χ0) is 28.9. The summed E-state index contributed by atoms with van der Waals surface area (Å²) in [6, 6.07) is 14.8. The number of phenolic OH excluding ortho intramolecular Hbond substituents is 1. The Morgan fingerprint density at radius 2 is 1.55 bits per heavy atom. The minimum atomic E-state index is -0.742. The molecule has 0 spiro atoms. The second-order valence-electron chi connectivity index (χ2n) is 10.6. The Kier molecular flexibility index (Phi) is 12.6. The van der Waals surface area contributed by atoms with Gasteiger partial charge in [0.1, 0.15) is 11.5 Å². The van der Waals surface area contributed by atoms with Gasteiger partial charge in [0.25, 0.3) is 5.91 Å². The zero-order valence-electron chi connectivity index (χ0n) is 24.0. The fourth-order valence-corrected chi connectivity index (χ4v) is 5.06. The van der Waals surface area contributed by atoms with Gasteiger partial charge in [0.2, 0.25) is 5.91 Å². The van der Waals surface area contributed by atoms with Crippen molar-refractivity contribution in [3.63, 3.8) is 0 Å². The number of amides is 2. The summed E-state index contributed by atoms with van der Waals surface area (Å²) >= 11 is 6.38. The maximum Gasteiger partial charge on any atom is 0.265 e. The van der Waals surface area contributed by atoms with Gasteiger partial charge in [-0.05, 0) is 37.3 Å². The first kappa shape index (κ1) is 31.3. The number of carbonyl (C=O) groups excluding carboxylic acids is 2. The summed E-state index contributed by atoms with van der Waals surface area (Å²) < 4.78 is 6.36. The van der Waals surface area contributed by atoms with E-state index in [4.69, 9.17) is 16.3 Å². The Hall–Kier alpha value is -3.25. The molecule has 7 heteroatoms. The van der Waals surface area contributed by atoms with Crippen molar-refractivity contribution in [3.05, 3.63) is 59.1 Å². The van der Waals surface area contributed by atoms with Crippen LogP contribution in [0.3, 0.4) is 0 Å². The number of nitrogens with one attached hydrogen (secondary N) is 2. The monoisotopic (exact) mass is 566 g/mol. The number of unbranched alkanes of at least 4 members (excludes halogenated alkanes) is 9. The van der Waals surface area contributed by atoms with Crippen molar-refractivity contribution in [2.24, 2.45) is 0 Å². The molecule has 6 nitrogen and oxygen atoms in total.